The molecule has 0 aromatic heterocycles. The summed E-state index contributed by atoms with van der Waals surface area (Å²) in [5, 5.41) is 0.698. The molecule has 0 N–H and O–H groups in total. The molecule has 4 nitrogen and oxygen atoms in total. The van der Waals surface area contributed by atoms with Crippen LogP contribution in [0.5, 0.6) is 0 Å². The van der Waals surface area contributed by atoms with Crippen LogP contribution in [-0.2, 0) is 0 Å². The van der Waals surface area contributed by atoms with Crippen LogP contribution in [-0.4, -0.2) is 62.0 Å². The number of likely N-dealkylation sites (tertiary alicyclic amines) is 1. The van der Waals surface area contributed by atoms with Crippen molar-refractivity contribution < 1.29 is 4.79 Å². The first kappa shape index (κ1) is 18.5. The summed E-state index contributed by atoms with van der Waals surface area (Å²) < 4.78 is 0. The van der Waals surface area contributed by atoms with Gasteiger partial charge in [0.15, 0.2) is 0 Å². The molecule has 3 rings (SSSR count). The molecule has 2 fully saturated rings. The normalized spacial score (nSPS) is 20.4. The van der Waals surface area contributed by atoms with Gasteiger partial charge in [0.05, 0.1) is 10.7 Å². The summed E-state index contributed by atoms with van der Waals surface area (Å²) in [6.07, 6.45) is 4.59. The van der Waals surface area contributed by atoms with E-state index in [1.54, 1.807) is 0 Å². The Kier molecular flexibility index (Phi) is 5.90. The summed E-state index contributed by atoms with van der Waals surface area (Å²) >= 11 is 6.47. The van der Waals surface area contributed by atoms with Gasteiger partial charge in [-0.05, 0) is 70.8 Å². The van der Waals surface area contributed by atoms with Crippen LogP contribution in [0.25, 0.3) is 0 Å². The van der Waals surface area contributed by atoms with Crippen molar-refractivity contribution in [3.05, 3.63) is 28.8 Å². The molecule has 2 heterocycles. The van der Waals surface area contributed by atoms with Crippen molar-refractivity contribution >= 4 is 23.2 Å². The molecule has 2 aliphatic heterocycles. The molecule has 138 valence electrons. The Morgan fingerprint density at radius 1 is 1.16 bits per heavy atom. The zero-order chi connectivity index (χ0) is 18.0. The smallest absolute Gasteiger partial charge is 0.253 e. The SMILES string of the molecule is C[C@@H](C1CCN(C(=O)c2ccc(N3CCCC3)c(Cl)c2)CC1)N(C)C. The Hall–Kier alpha value is -1.26. The van der Waals surface area contributed by atoms with Crippen LogP contribution in [0.1, 0.15) is 43.0 Å². The maximum absolute atomic E-state index is 12.8. The molecular weight excluding hydrogens is 334 g/mol. The number of hydrogen-bond donors (Lipinski definition) is 0. The van der Waals surface area contributed by atoms with Crippen molar-refractivity contribution in [2.75, 3.05) is 45.2 Å². The number of benzene rings is 1. The van der Waals surface area contributed by atoms with Gasteiger partial charge in [-0.15, -0.1) is 0 Å². The van der Waals surface area contributed by atoms with Gasteiger partial charge < -0.3 is 14.7 Å². The number of piperidine rings is 1. The van der Waals surface area contributed by atoms with E-state index in [1.807, 2.05) is 23.1 Å². The molecule has 25 heavy (non-hydrogen) atoms. The number of nitrogens with zero attached hydrogens (tertiary/aromatic N) is 3. The Balaban J connectivity index is 1.63. The predicted molar refractivity (Wildman–Crippen MR) is 105 cm³/mol. The Morgan fingerprint density at radius 2 is 1.80 bits per heavy atom. The average molecular weight is 364 g/mol. The summed E-state index contributed by atoms with van der Waals surface area (Å²) in [7, 11) is 4.26. The first-order chi connectivity index (χ1) is 12.0. The lowest BCUT2D eigenvalue weighted by atomic mass is 9.89. The summed E-state index contributed by atoms with van der Waals surface area (Å²) in [6.45, 7) is 6.08. The molecule has 0 radical (unpaired) electrons. The molecule has 1 amide bonds. The average Bonchev–Trinajstić information content (AvgIpc) is 3.14. The minimum atomic E-state index is 0.117. The standard InChI is InChI=1S/C20H30ClN3O/c1-15(22(2)3)16-8-12-24(13-9-16)20(25)17-6-7-19(18(21)14-17)23-10-4-5-11-23/h6-7,14-16H,4-5,8-13H2,1-3H3/t15-/m0/s1. The van der Waals surface area contributed by atoms with Crippen molar-refractivity contribution in [1.82, 2.24) is 9.80 Å². The van der Waals surface area contributed by atoms with Crippen LogP contribution in [0.15, 0.2) is 18.2 Å². The largest absolute Gasteiger partial charge is 0.370 e. The third-order valence-electron chi connectivity index (χ3n) is 5.96. The second kappa shape index (κ2) is 7.96. The molecule has 0 spiro atoms. The van der Waals surface area contributed by atoms with Crippen molar-refractivity contribution in [3.63, 3.8) is 0 Å². The molecule has 2 saturated heterocycles. The number of anilines is 1. The maximum atomic E-state index is 12.8. The third kappa shape index (κ3) is 4.12. The molecule has 1 aromatic rings. The van der Waals surface area contributed by atoms with Gasteiger partial charge in [0.25, 0.3) is 5.91 Å². The van der Waals surface area contributed by atoms with E-state index in [4.69, 9.17) is 11.6 Å². The fourth-order valence-electron chi connectivity index (χ4n) is 4.04. The Morgan fingerprint density at radius 3 is 2.36 bits per heavy atom. The lowest BCUT2D eigenvalue weighted by Gasteiger charge is -2.37. The second-order valence-electron chi connectivity index (χ2n) is 7.69. The van der Waals surface area contributed by atoms with Crippen LogP contribution >= 0.6 is 11.6 Å². The fourth-order valence-corrected chi connectivity index (χ4v) is 4.34. The molecule has 1 atom stereocenters. The van der Waals surface area contributed by atoms with Crippen molar-refractivity contribution in [3.8, 4) is 0 Å². The fraction of sp³-hybridized carbons (Fsp3) is 0.650. The van der Waals surface area contributed by atoms with E-state index in [0.717, 1.165) is 44.7 Å². The second-order valence-corrected chi connectivity index (χ2v) is 8.10. The molecule has 0 bridgehead atoms. The number of carbonyl (C=O) groups excluding carboxylic acids is 1. The van der Waals surface area contributed by atoms with Crippen molar-refractivity contribution in [2.24, 2.45) is 5.92 Å². The maximum Gasteiger partial charge on any atom is 0.253 e. The van der Waals surface area contributed by atoms with Crippen molar-refractivity contribution in [1.29, 1.82) is 0 Å². The summed E-state index contributed by atoms with van der Waals surface area (Å²) in [5.41, 5.74) is 1.78. The van der Waals surface area contributed by atoms with Gasteiger partial charge in [-0.3, -0.25) is 4.79 Å². The zero-order valence-corrected chi connectivity index (χ0v) is 16.4. The molecule has 0 saturated carbocycles. The van der Waals surface area contributed by atoms with E-state index < -0.39 is 0 Å². The minimum absolute atomic E-state index is 0.117. The highest BCUT2D eigenvalue weighted by molar-refractivity contribution is 6.33. The number of rotatable bonds is 4. The molecule has 2 aliphatic rings. The van der Waals surface area contributed by atoms with Crippen LogP contribution in [0.2, 0.25) is 5.02 Å². The van der Waals surface area contributed by atoms with Gasteiger partial charge in [-0.25, -0.2) is 0 Å². The van der Waals surface area contributed by atoms with Crippen LogP contribution in [0.4, 0.5) is 5.69 Å². The summed E-state index contributed by atoms with van der Waals surface area (Å²) in [6, 6.07) is 6.37. The lowest BCUT2D eigenvalue weighted by Crippen LogP contribution is -2.43. The minimum Gasteiger partial charge on any atom is -0.370 e. The van der Waals surface area contributed by atoms with E-state index in [2.05, 4.69) is 30.8 Å². The van der Waals surface area contributed by atoms with Crippen LogP contribution in [0, 0.1) is 5.92 Å². The van der Waals surface area contributed by atoms with Gasteiger partial charge in [0.1, 0.15) is 0 Å². The summed E-state index contributed by atoms with van der Waals surface area (Å²) in [4.78, 5) is 19.4. The first-order valence-corrected chi connectivity index (χ1v) is 9.85. The van der Waals surface area contributed by atoms with Gasteiger partial charge in [0, 0.05) is 37.8 Å². The van der Waals surface area contributed by atoms with E-state index in [0.29, 0.717) is 22.5 Å². The number of hydrogen-bond acceptors (Lipinski definition) is 3. The number of amides is 1. The van der Waals surface area contributed by atoms with E-state index in [-0.39, 0.29) is 5.91 Å². The van der Waals surface area contributed by atoms with Crippen molar-refractivity contribution in [2.45, 2.75) is 38.6 Å². The third-order valence-corrected chi connectivity index (χ3v) is 6.27. The van der Waals surface area contributed by atoms with Gasteiger partial charge >= 0.3 is 0 Å². The Bertz CT molecular complexity index is 605. The molecular formula is C20H30ClN3O. The van der Waals surface area contributed by atoms with Gasteiger partial charge in [-0.1, -0.05) is 11.6 Å². The highest BCUT2D eigenvalue weighted by Gasteiger charge is 2.28. The Labute approximate surface area is 156 Å². The van der Waals surface area contributed by atoms with Crippen LogP contribution < -0.4 is 4.90 Å². The first-order valence-electron chi connectivity index (χ1n) is 9.47. The summed E-state index contributed by atoms with van der Waals surface area (Å²) in [5.74, 6) is 0.783. The van der Waals surface area contributed by atoms with Gasteiger partial charge in [0.2, 0.25) is 0 Å². The van der Waals surface area contributed by atoms with E-state index in [1.165, 1.54) is 12.8 Å². The lowest BCUT2D eigenvalue weighted by molar-refractivity contribution is 0.0641. The number of halogens is 1. The van der Waals surface area contributed by atoms with Crippen LogP contribution in [0.3, 0.4) is 0 Å². The monoisotopic (exact) mass is 363 g/mol. The zero-order valence-electron chi connectivity index (χ0n) is 15.7. The topological polar surface area (TPSA) is 26.8 Å². The highest BCUT2D eigenvalue weighted by atomic mass is 35.5. The highest BCUT2D eigenvalue weighted by Crippen LogP contribution is 2.30. The number of carbonyl (C=O) groups is 1. The van der Waals surface area contributed by atoms with E-state index in [9.17, 15) is 4.79 Å². The molecule has 0 aliphatic carbocycles. The quantitative estimate of drug-likeness (QED) is 0.815. The predicted octanol–water partition coefficient (Wildman–Crippen LogP) is 3.74. The molecule has 1 aromatic carbocycles. The van der Waals surface area contributed by atoms with E-state index >= 15 is 0 Å². The molecule has 0 unspecified atom stereocenters. The van der Waals surface area contributed by atoms with Gasteiger partial charge in [-0.2, -0.15) is 0 Å². The molecule has 5 heteroatoms.